The SMILES string of the molecule is O=c1oc(O)cc2ncccc12. The second-order valence-corrected chi connectivity index (χ2v) is 2.31. The van der Waals surface area contributed by atoms with Crippen molar-refractivity contribution in [1.29, 1.82) is 0 Å². The third-order valence-corrected chi connectivity index (χ3v) is 1.52. The van der Waals surface area contributed by atoms with Crippen molar-refractivity contribution < 1.29 is 9.52 Å². The molecule has 0 bridgehead atoms. The third kappa shape index (κ3) is 0.934. The molecular formula is C8H5NO3. The first kappa shape index (κ1) is 6.84. The van der Waals surface area contributed by atoms with Gasteiger partial charge in [-0.3, -0.25) is 4.98 Å². The summed E-state index contributed by atoms with van der Waals surface area (Å²) in [5, 5.41) is 9.28. The van der Waals surface area contributed by atoms with Gasteiger partial charge in [-0.2, -0.15) is 0 Å². The molecule has 0 saturated carbocycles. The van der Waals surface area contributed by atoms with Crippen LogP contribution in [0, 0.1) is 0 Å². The second kappa shape index (κ2) is 2.34. The van der Waals surface area contributed by atoms with Gasteiger partial charge in [-0.1, -0.05) is 0 Å². The molecule has 0 amide bonds. The average Bonchev–Trinajstić information content (AvgIpc) is 2.04. The summed E-state index contributed by atoms with van der Waals surface area (Å²) in [5.41, 5.74) is -0.135. The van der Waals surface area contributed by atoms with Crippen LogP contribution in [0.3, 0.4) is 0 Å². The number of aromatic hydroxyl groups is 1. The summed E-state index contributed by atoms with van der Waals surface area (Å²) in [6.07, 6.45) is 1.54. The number of fused-ring (bicyclic) bond motifs is 1. The molecule has 4 heteroatoms. The van der Waals surface area contributed by atoms with Gasteiger partial charge in [0.2, 0.25) is 0 Å². The van der Waals surface area contributed by atoms with Crippen LogP contribution in [0.5, 0.6) is 5.95 Å². The van der Waals surface area contributed by atoms with Gasteiger partial charge < -0.3 is 9.52 Å². The minimum atomic E-state index is -0.571. The highest BCUT2D eigenvalue weighted by Gasteiger charge is 2.01. The molecule has 2 rings (SSSR count). The topological polar surface area (TPSA) is 63.3 Å². The van der Waals surface area contributed by atoms with Gasteiger partial charge in [0.1, 0.15) is 0 Å². The number of aromatic nitrogens is 1. The number of hydrogen-bond acceptors (Lipinski definition) is 4. The minimum absolute atomic E-state index is 0.371. The number of hydrogen-bond donors (Lipinski definition) is 1. The van der Waals surface area contributed by atoms with E-state index in [4.69, 9.17) is 5.11 Å². The van der Waals surface area contributed by atoms with Gasteiger partial charge in [-0.15, -0.1) is 0 Å². The van der Waals surface area contributed by atoms with Crippen molar-refractivity contribution in [3.8, 4) is 5.95 Å². The van der Waals surface area contributed by atoms with Crippen molar-refractivity contribution in [3.05, 3.63) is 34.8 Å². The highest BCUT2D eigenvalue weighted by atomic mass is 16.5. The molecule has 0 unspecified atom stereocenters. The molecule has 12 heavy (non-hydrogen) atoms. The normalized spacial score (nSPS) is 10.3. The molecule has 2 heterocycles. The van der Waals surface area contributed by atoms with Gasteiger partial charge >= 0.3 is 5.63 Å². The minimum Gasteiger partial charge on any atom is -0.481 e. The summed E-state index contributed by atoms with van der Waals surface area (Å²) >= 11 is 0. The summed E-state index contributed by atoms with van der Waals surface area (Å²) in [6, 6.07) is 4.53. The maximum Gasteiger partial charge on any atom is 0.348 e. The monoisotopic (exact) mass is 163 g/mol. The largest absolute Gasteiger partial charge is 0.481 e. The van der Waals surface area contributed by atoms with Crippen molar-refractivity contribution in [2.24, 2.45) is 0 Å². The van der Waals surface area contributed by atoms with Crippen molar-refractivity contribution in [1.82, 2.24) is 4.98 Å². The van der Waals surface area contributed by atoms with E-state index in [0.29, 0.717) is 10.9 Å². The first-order chi connectivity index (χ1) is 5.77. The van der Waals surface area contributed by atoms with Gasteiger partial charge in [0, 0.05) is 12.3 Å². The molecule has 0 fully saturated rings. The first-order valence-electron chi connectivity index (χ1n) is 3.35. The van der Waals surface area contributed by atoms with Crippen molar-refractivity contribution in [2.45, 2.75) is 0 Å². The van der Waals surface area contributed by atoms with Gasteiger partial charge in [0.25, 0.3) is 5.95 Å². The summed E-state index contributed by atoms with van der Waals surface area (Å²) < 4.78 is 4.45. The lowest BCUT2D eigenvalue weighted by molar-refractivity contribution is 0.313. The van der Waals surface area contributed by atoms with Crippen LogP contribution < -0.4 is 5.63 Å². The molecule has 4 nitrogen and oxygen atoms in total. The number of rotatable bonds is 0. The molecule has 0 atom stereocenters. The molecule has 0 aliphatic heterocycles. The first-order valence-corrected chi connectivity index (χ1v) is 3.35. The van der Waals surface area contributed by atoms with Crippen molar-refractivity contribution >= 4 is 10.9 Å². The van der Waals surface area contributed by atoms with E-state index < -0.39 is 11.6 Å². The highest BCUT2D eigenvalue weighted by molar-refractivity contribution is 5.76. The fourth-order valence-electron chi connectivity index (χ4n) is 1.00. The second-order valence-electron chi connectivity index (χ2n) is 2.31. The lowest BCUT2D eigenvalue weighted by atomic mass is 10.3. The Balaban J connectivity index is 2.99. The van der Waals surface area contributed by atoms with E-state index in [1.165, 1.54) is 6.07 Å². The lowest BCUT2D eigenvalue weighted by Gasteiger charge is -1.93. The van der Waals surface area contributed by atoms with E-state index >= 15 is 0 Å². The molecule has 0 spiro atoms. The molecular weight excluding hydrogens is 158 g/mol. The lowest BCUT2D eigenvalue weighted by Crippen LogP contribution is -1.98. The predicted molar refractivity (Wildman–Crippen MR) is 41.9 cm³/mol. The van der Waals surface area contributed by atoms with E-state index in [0.717, 1.165) is 0 Å². The molecule has 60 valence electrons. The third-order valence-electron chi connectivity index (χ3n) is 1.52. The van der Waals surface area contributed by atoms with Gasteiger partial charge in [-0.25, -0.2) is 4.79 Å². The standard InChI is InChI=1S/C8H5NO3/c10-7-4-6-5(8(11)12-7)2-1-3-9-6/h1-4,10H. The van der Waals surface area contributed by atoms with Gasteiger partial charge in [0.05, 0.1) is 10.9 Å². The van der Waals surface area contributed by atoms with Crippen LogP contribution >= 0.6 is 0 Å². The Morgan fingerprint density at radius 1 is 1.50 bits per heavy atom. The fraction of sp³-hybridized carbons (Fsp3) is 0. The average molecular weight is 163 g/mol. The van der Waals surface area contributed by atoms with Crippen LogP contribution in [-0.2, 0) is 0 Å². The van der Waals surface area contributed by atoms with E-state index in [9.17, 15) is 4.79 Å². The van der Waals surface area contributed by atoms with Crippen LogP contribution in [0.25, 0.3) is 10.9 Å². The van der Waals surface area contributed by atoms with Crippen molar-refractivity contribution in [2.75, 3.05) is 0 Å². The van der Waals surface area contributed by atoms with Crippen LogP contribution in [0.4, 0.5) is 0 Å². The molecule has 0 aliphatic rings. The zero-order valence-corrected chi connectivity index (χ0v) is 6.02. The zero-order valence-electron chi connectivity index (χ0n) is 6.02. The Hall–Kier alpha value is -1.84. The van der Waals surface area contributed by atoms with Crippen LogP contribution in [0.2, 0.25) is 0 Å². The van der Waals surface area contributed by atoms with E-state index in [-0.39, 0.29) is 0 Å². The molecule has 0 saturated heterocycles. The molecule has 0 radical (unpaired) electrons. The Morgan fingerprint density at radius 2 is 2.33 bits per heavy atom. The predicted octanol–water partition coefficient (Wildman–Crippen LogP) is 0.894. The van der Waals surface area contributed by atoms with Crippen molar-refractivity contribution in [3.63, 3.8) is 0 Å². The van der Waals surface area contributed by atoms with Gasteiger partial charge in [0.15, 0.2) is 0 Å². The fourth-order valence-corrected chi connectivity index (χ4v) is 1.00. The zero-order chi connectivity index (χ0) is 8.55. The van der Waals surface area contributed by atoms with Crippen LogP contribution in [-0.4, -0.2) is 10.1 Å². The number of pyridine rings is 1. The van der Waals surface area contributed by atoms with Crippen LogP contribution in [0.15, 0.2) is 33.6 Å². The Kier molecular flexibility index (Phi) is 1.33. The molecule has 2 aromatic heterocycles. The summed E-state index contributed by atoms with van der Waals surface area (Å²) in [7, 11) is 0. The smallest absolute Gasteiger partial charge is 0.348 e. The summed E-state index contributed by atoms with van der Waals surface area (Å²) in [4.78, 5) is 14.9. The quantitative estimate of drug-likeness (QED) is 0.626. The molecule has 0 aliphatic carbocycles. The van der Waals surface area contributed by atoms with Gasteiger partial charge in [-0.05, 0) is 12.1 Å². The van der Waals surface area contributed by atoms with E-state index in [1.807, 2.05) is 0 Å². The van der Waals surface area contributed by atoms with E-state index in [2.05, 4.69) is 9.40 Å². The van der Waals surface area contributed by atoms with Crippen LogP contribution in [0.1, 0.15) is 0 Å². The molecule has 2 aromatic rings. The highest BCUT2D eigenvalue weighted by Crippen LogP contribution is 2.12. The van der Waals surface area contributed by atoms with E-state index in [1.54, 1.807) is 18.3 Å². The Bertz CT molecular complexity index is 475. The molecule has 1 N–H and O–H groups in total. The maximum atomic E-state index is 11.0. The Labute approximate surface area is 67.1 Å². The number of nitrogens with zero attached hydrogens (tertiary/aromatic N) is 1. The molecule has 0 aromatic carbocycles. The summed E-state index contributed by atoms with van der Waals surface area (Å²) in [5.74, 6) is -0.411. The Morgan fingerprint density at radius 3 is 3.17 bits per heavy atom. The summed E-state index contributed by atoms with van der Waals surface area (Å²) in [6.45, 7) is 0. The maximum absolute atomic E-state index is 11.0.